The summed E-state index contributed by atoms with van der Waals surface area (Å²) in [5, 5.41) is 11.2. The van der Waals surface area contributed by atoms with Crippen LogP contribution in [0.1, 0.15) is 11.1 Å². The first-order valence-electron chi connectivity index (χ1n) is 7.94. The number of rotatable bonds is 3. The highest BCUT2D eigenvalue weighted by atomic mass is 35.5. The fraction of sp³-hybridized carbons (Fsp3) is 0.158. The second kappa shape index (κ2) is 7.33. The SMILES string of the molecule is N#C/C(=C/N1CCc2ccccc21)C(=O)Nc1ccc(Cl)c(C(F)(F)F)c1. The van der Waals surface area contributed by atoms with Gasteiger partial charge in [0.2, 0.25) is 0 Å². The van der Waals surface area contributed by atoms with Gasteiger partial charge in [0.1, 0.15) is 11.6 Å². The molecule has 0 unspecified atom stereocenters. The van der Waals surface area contributed by atoms with Crippen LogP contribution in [0.2, 0.25) is 5.02 Å². The number of fused-ring (bicyclic) bond motifs is 1. The minimum absolute atomic E-state index is 0.0975. The predicted molar refractivity (Wildman–Crippen MR) is 96.3 cm³/mol. The van der Waals surface area contributed by atoms with Crippen molar-refractivity contribution < 1.29 is 18.0 Å². The molecule has 0 bridgehead atoms. The number of carbonyl (C=O) groups excluding carboxylic acids is 1. The molecule has 0 aliphatic carbocycles. The number of benzene rings is 2. The number of carbonyl (C=O) groups is 1. The Morgan fingerprint density at radius 2 is 2.00 bits per heavy atom. The number of hydrogen-bond donors (Lipinski definition) is 1. The van der Waals surface area contributed by atoms with Gasteiger partial charge in [-0.2, -0.15) is 18.4 Å². The van der Waals surface area contributed by atoms with Crippen molar-refractivity contribution in [2.75, 3.05) is 16.8 Å². The summed E-state index contributed by atoms with van der Waals surface area (Å²) in [6.07, 6.45) is -2.47. The molecule has 1 heterocycles. The van der Waals surface area contributed by atoms with Gasteiger partial charge in [0.05, 0.1) is 10.6 Å². The van der Waals surface area contributed by atoms with Crippen LogP contribution in [0.25, 0.3) is 0 Å². The van der Waals surface area contributed by atoms with Crippen molar-refractivity contribution >= 4 is 28.9 Å². The van der Waals surface area contributed by atoms with Gasteiger partial charge in [-0.1, -0.05) is 29.8 Å². The van der Waals surface area contributed by atoms with E-state index in [9.17, 15) is 23.2 Å². The highest BCUT2D eigenvalue weighted by Crippen LogP contribution is 2.36. The molecule has 8 heteroatoms. The van der Waals surface area contributed by atoms with Gasteiger partial charge in [0, 0.05) is 24.1 Å². The largest absolute Gasteiger partial charge is 0.417 e. The minimum atomic E-state index is -4.65. The summed E-state index contributed by atoms with van der Waals surface area (Å²) in [7, 11) is 0. The zero-order valence-electron chi connectivity index (χ0n) is 13.8. The van der Waals surface area contributed by atoms with Crippen LogP contribution in [0.4, 0.5) is 24.5 Å². The third-order valence-electron chi connectivity index (χ3n) is 4.10. The Balaban J connectivity index is 1.82. The van der Waals surface area contributed by atoms with Crippen molar-refractivity contribution in [1.29, 1.82) is 5.26 Å². The maximum absolute atomic E-state index is 12.9. The number of alkyl halides is 3. The standard InChI is InChI=1S/C19H13ClF3N3O/c20-16-6-5-14(9-15(16)19(21,22)23)25-18(27)13(10-24)11-26-8-7-12-3-1-2-4-17(12)26/h1-6,9,11H,7-8H2,(H,25,27)/b13-11-. The van der Waals surface area contributed by atoms with E-state index in [4.69, 9.17) is 11.6 Å². The second-order valence-corrected chi connectivity index (χ2v) is 6.28. The fourth-order valence-electron chi connectivity index (χ4n) is 2.81. The van der Waals surface area contributed by atoms with E-state index in [1.54, 1.807) is 11.0 Å². The summed E-state index contributed by atoms with van der Waals surface area (Å²) < 4.78 is 38.8. The summed E-state index contributed by atoms with van der Waals surface area (Å²) >= 11 is 5.57. The number of hydrogen-bond acceptors (Lipinski definition) is 3. The van der Waals surface area contributed by atoms with Crippen LogP contribution >= 0.6 is 11.6 Å². The first-order chi connectivity index (χ1) is 12.8. The molecule has 0 saturated heterocycles. The Morgan fingerprint density at radius 1 is 1.26 bits per heavy atom. The monoisotopic (exact) mass is 391 g/mol. The number of para-hydroxylation sites is 1. The lowest BCUT2D eigenvalue weighted by molar-refractivity contribution is -0.137. The van der Waals surface area contributed by atoms with Crippen molar-refractivity contribution in [1.82, 2.24) is 0 Å². The van der Waals surface area contributed by atoms with E-state index >= 15 is 0 Å². The molecular formula is C19H13ClF3N3O. The Kier molecular flexibility index (Phi) is 5.10. The summed E-state index contributed by atoms with van der Waals surface area (Å²) in [4.78, 5) is 14.1. The van der Waals surface area contributed by atoms with Crippen LogP contribution < -0.4 is 10.2 Å². The van der Waals surface area contributed by atoms with E-state index in [-0.39, 0.29) is 11.3 Å². The number of amides is 1. The molecule has 4 nitrogen and oxygen atoms in total. The smallest absolute Gasteiger partial charge is 0.346 e. The predicted octanol–water partition coefficient (Wildman–Crippen LogP) is 4.77. The Labute approximate surface area is 158 Å². The van der Waals surface area contributed by atoms with E-state index < -0.39 is 22.7 Å². The molecule has 1 N–H and O–H groups in total. The maximum atomic E-state index is 12.9. The van der Waals surface area contributed by atoms with Crippen molar-refractivity contribution in [3.8, 4) is 6.07 Å². The van der Waals surface area contributed by atoms with E-state index in [0.29, 0.717) is 6.54 Å². The van der Waals surface area contributed by atoms with Crippen molar-refractivity contribution in [2.45, 2.75) is 12.6 Å². The van der Waals surface area contributed by atoms with Crippen LogP contribution in [0.3, 0.4) is 0 Å². The number of halogens is 4. The first kappa shape index (κ1) is 18.8. The zero-order valence-corrected chi connectivity index (χ0v) is 14.6. The zero-order chi connectivity index (χ0) is 19.6. The van der Waals surface area contributed by atoms with Crippen molar-refractivity contribution in [2.24, 2.45) is 0 Å². The van der Waals surface area contributed by atoms with E-state index in [1.807, 2.05) is 24.3 Å². The second-order valence-electron chi connectivity index (χ2n) is 5.87. The Bertz CT molecular complexity index is 963. The van der Waals surface area contributed by atoms with Gasteiger partial charge in [-0.05, 0) is 36.2 Å². The van der Waals surface area contributed by atoms with E-state index in [0.717, 1.165) is 29.8 Å². The molecule has 0 saturated carbocycles. The van der Waals surface area contributed by atoms with Gasteiger partial charge >= 0.3 is 6.18 Å². The molecule has 2 aromatic rings. The molecule has 1 amide bonds. The van der Waals surface area contributed by atoms with Gasteiger partial charge in [-0.25, -0.2) is 0 Å². The van der Waals surface area contributed by atoms with Gasteiger partial charge in [0.15, 0.2) is 0 Å². The highest BCUT2D eigenvalue weighted by molar-refractivity contribution is 6.31. The molecule has 1 aliphatic rings. The molecule has 0 fully saturated rings. The minimum Gasteiger partial charge on any atom is -0.346 e. The van der Waals surface area contributed by atoms with Gasteiger partial charge in [-0.3, -0.25) is 4.79 Å². The molecule has 27 heavy (non-hydrogen) atoms. The lowest BCUT2D eigenvalue weighted by Gasteiger charge is -2.15. The van der Waals surface area contributed by atoms with Crippen molar-refractivity contribution in [3.63, 3.8) is 0 Å². The average Bonchev–Trinajstić information content (AvgIpc) is 3.03. The average molecular weight is 392 g/mol. The van der Waals surface area contributed by atoms with Crippen LogP contribution in [-0.2, 0) is 17.4 Å². The highest BCUT2D eigenvalue weighted by Gasteiger charge is 2.33. The summed E-state index contributed by atoms with van der Waals surface area (Å²) in [5.74, 6) is -0.794. The Morgan fingerprint density at radius 3 is 2.70 bits per heavy atom. The van der Waals surface area contributed by atoms with Crippen LogP contribution in [0, 0.1) is 11.3 Å². The third kappa shape index (κ3) is 4.07. The van der Waals surface area contributed by atoms with E-state index in [1.165, 1.54) is 12.3 Å². The molecule has 0 radical (unpaired) electrons. The number of nitrogens with zero attached hydrogens (tertiary/aromatic N) is 2. The summed E-state index contributed by atoms with van der Waals surface area (Å²) in [6, 6.07) is 12.4. The normalized spacial score (nSPS) is 13.9. The molecular weight excluding hydrogens is 379 g/mol. The quantitative estimate of drug-likeness (QED) is 0.606. The van der Waals surface area contributed by atoms with Crippen LogP contribution in [0.5, 0.6) is 0 Å². The Hall–Kier alpha value is -2.98. The van der Waals surface area contributed by atoms with E-state index in [2.05, 4.69) is 5.32 Å². The molecule has 138 valence electrons. The molecule has 2 aromatic carbocycles. The lowest BCUT2D eigenvalue weighted by atomic mass is 10.1. The molecule has 3 rings (SSSR count). The first-order valence-corrected chi connectivity index (χ1v) is 8.32. The maximum Gasteiger partial charge on any atom is 0.417 e. The van der Waals surface area contributed by atoms with Crippen molar-refractivity contribution in [3.05, 3.63) is 70.4 Å². The summed E-state index contributed by atoms with van der Waals surface area (Å²) in [5.41, 5.74) is 0.621. The topological polar surface area (TPSA) is 56.1 Å². The summed E-state index contributed by atoms with van der Waals surface area (Å²) in [6.45, 7) is 0.608. The number of anilines is 2. The molecule has 0 atom stereocenters. The third-order valence-corrected chi connectivity index (χ3v) is 4.43. The molecule has 0 spiro atoms. The number of nitriles is 1. The molecule has 1 aliphatic heterocycles. The van der Waals surface area contributed by atoms with Gasteiger partial charge in [-0.15, -0.1) is 0 Å². The van der Waals surface area contributed by atoms with Gasteiger partial charge < -0.3 is 10.2 Å². The molecule has 0 aromatic heterocycles. The van der Waals surface area contributed by atoms with Gasteiger partial charge in [0.25, 0.3) is 5.91 Å². The lowest BCUT2D eigenvalue weighted by Crippen LogP contribution is -2.19. The fourth-order valence-corrected chi connectivity index (χ4v) is 3.04. The van der Waals surface area contributed by atoms with Crippen LogP contribution in [0.15, 0.2) is 54.2 Å². The number of nitrogens with one attached hydrogen (secondary N) is 1. The van der Waals surface area contributed by atoms with Crippen LogP contribution in [-0.4, -0.2) is 12.5 Å².